The van der Waals surface area contributed by atoms with Crippen molar-refractivity contribution in [3.8, 4) is 0 Å². The number of hydrogen-bond donors (Lipinski definition) is 3. The number of nitrogens with one attached hydrogen (secondary N) is 1. The van der Waals surface area contributed by atoms with Crippen LogP contribution in [0.25, 0.3) is 0 Å². The number of thiol groups is 2. The largest absolute Gasteiger partial charge is 2.00 e. The second-order valence-electron chi connectivity index (χ2n) is 5.25. The zero-order valence-electron chi connectivity index (χ0n) is 13.3. The molecule has 120 valence electrons. The first-order valence-electron chi connectivity index (χ1n) is 7.26. The van der Waals surface area contributed by atoms with Crippen LogP contribution in [-0.4, -0.2) is 41.7 Å². The van der Waals surface area contributed by atoms with Crippen molar-refractivity contribution in [2.24, 2.45) is 10.3 Å². The van der Waals surface area contributed by atoms with Crippen LogP contribution < -0.4 is 0 Å². The zero-order valence-corrected chi connectivity index (χ0v) is 19.3. The Morgan fingerprint density at radius 1 is 1.43 bits per heavy atom. The number of piperidine rings is 1. The summed E-state index contributed by atoms with van der Waals surface area (Å²) < 4.78 is 3.84. The SMILES string of the molecule is [CH2-]C(=N)/C(=N\S)C1CN(C)CCC1S.[CH2-]CCCCC.[U+2]. The Bertz CT molecular complexity index is 307. The van der Waals surface area contributed by atoms with E-state index in [4.69, 9.17) is 5.41 Å². The third-order valence-electron chi connectivity index (χ3n) is 3.40. The van der Waals surface area contributed by atoms with Crippen LogP contribution in [0.5, 0.6) is 0 Å². The summed E-state index contributed by atoms with van der Waals surface area (Å²) in [7, 11) is 2.06. The zero-order chi connectivity index (χ0) is 15.5. The molecule has 3 nitrogen and oxygen atoms in total. The van der Waals surface area contributed by atoms with Gasteiger partial charge in [-0.1, -0.05) is 50.4 Å². The van der Waals surface area contributed by atoms with E-state index in [0.29, 0.717) is 5.71 Å². The van der Waals surface area contributed by atoms with Crippen molar-refractivity contribution < 1.29 is 31.1 Å². The molecule has 0 aromatic heterocycles. The number of hydrogen-bond acceptors (Lipinski definition) is 5. The van der Waals surface area contributed by atoms with Gasteiger partial charge < -0.3 is 21.6 Å². The summed E-state index contributed by atoms with van der Waals surface area (Å²) in [6.45, 7) is 11.5. The van der Waals surface area contributed by atoms with E-state index >= 15 is 0 Å². The molecule has 1 heterocycles. The molecule has 1 aliphatic rings. The van der Waals surface area contributed by atoms with Crippen molar-refractivity contribution in [3.05, 3.63) is 13.8 Å². The predicted molar refractivity (Wildman–Crippen MR) is 97.4 cm³/mol. The van der Waals surface area contributed by atoms with Gasteiger partial charge in [0.2, 0.25) is 0 Å². The van der Waals surface area contributed by atoms with Crippen molar-refractivity contribution in [3.63, 3.8) is 0 Å². The first-order valence-corrected chi connectivity index (χ1v) is 8.18. The van der Waals surface area contributed by atoms with Gasteiger partial charge in [0, 0.05) is 0 Å². The Morgan fingerprint density at radius 2 is 2.05 bits per heavy atom. The van der Waals surface area contributed by atoms with E-state index < -0.39 is 0 Å². The molecule has 0 saturated carbocycles. The Hall–Kier alpha value is 0.922. The van der Waals surface area contributed by atoms with Gasteiger partial charge in [-0.15, -0.1) is 0 Å². The van der Waals surface area contributed by atoms with Gasteiger partial charge >= 0.3 is 31.1 Å². The number of rotatable bonds is 5. The molecule has 6 heteroatoms. The first kappa shape index (κ1) is 24.2. The summed E-state index contributed by atoms with van der Waals surface area (Å²) >= 11 is 8.41. The average Bonchev–Trinajstić information content (AvgIpc) is 2.41. The molecule has 0 spiro atoms. The summed E-state index contributed by atoms with van der Waals surface area (Å²) in [6, 6.07) is 0. The van der Waals surface area contributed by atoms with Crippen LogP contribution in [0.2, 0.25) is 0 Å². The molecule has 0 radical (unpaired) electrons. The molecule has 0 aromatic carbocycles. The molecule has 1 fully saturated rings. The van der Waals surface area contributed by atoms with E-state index in [1.54, 1.807) is 0 Å². The second kappa shape index (κ2) is 14.5. The van der Waals surface area contributed by atoms with Gasteiger partial charge in [-0.05, 0) is 37.7 Å². The molecule has 1 rings (SSSR count). The average molecular weight is 554 g/mol. The van der Waals surface area contributed by atoms with Crippen molar-refractivity contribution in [1.82, 2.24) is 4.90 Å². The maximum Gasteiger partial charge on any atom is 2.00 e. The van der Waals surface area contributed by atoms with Gasteiger partial charge in [-0.2, -0.15) is 19.0 Å². The predicted octanol–water partition coefficient (Wildman–Crippen LogP) is 3.78. The molecule has 2 atom stereocenters. The third-order valence-corrected chi connectivity index (χ3v) is 4.23. The van der Waals surface area contributed by atoms with Crippen molar-refractivity contribution >= 4 is 36.9 Å². The fraction of sp³-hybridized carbons (Fsp3) is 0.733. The fourth-order valence-electron chi connectivity index (χ4n) is 2.16. The smallest absolute Gasteiger partial charge is 0.343 e. The minimum Gasteiger partial charge on any atom is -0.343 e. The number of unbranched alkanes of at least 4 members (excludes halogenated alkanes) is 3. The minimum atomic E-state index is 0. The van der Waals surface area contributed by atoms with Crippen LogP contribution in [0.3, 0.4) is 0 Å². The number of nitrogens with zero attached hydrogens (tertiary/aromatic N) is 2. The monoisotopic (exact) mass is 553 g/mol. The quantitative estimate of drug-likeness (QED) is 0.206. The summed E-state index contributed by atoms with van der Waals surface area (Å²) in [5.41, 5.74) is 0.916. The van der Waals surface area contributed by atoms with E-state index in [2.05, 4.69) is 62.6 Å². The van der Waals surface area contributed by atoms with Crippen LogP contribution >= 0.6 is 25.4 Å². The third kappa shape index (κ3) is 10.3. The Labute approximate surface area is 166 Å². The van der Waals surface area contributed by atoms with Gasteiger partial charge in [0.05, 0.1) is 0 Å². The molecule has 2 unspecified atom stereocenters. The van der Waals surface area contributed by atoms with Crippen LogP contribution in [0.15, 0.2) is 4.40 Å². The Balaban J connectivity index is 0. The maximum atomic E-state index is 7.50. The van der Waals surface area contributed by atoms with Gasteiger partial charge in [0.1, 0.15) is 0 Å². The molecule has 1 saturated heterocycles. The van der Waals surface area contributed by atoms with Gasteiger partial charge in [-0.25, -0.2) is 6.92 Å². The molecule has 0 amide bonds. The molecule has 21 heavy (non-hydrogen) atoms. The maximum absolute atomic E-state index is 7.50. The van der Waals surface area contributed by atoms with Crippen molar-refractivity contribution in [2.75, 3.05) is 20.1 Å². The Morgan fingerprint density at radius 3 is 2.43 bits per heavy atom. The molecular weight excluding hydrogens is 524 g/mol. The van der Waals surface area contributed by atoms with E-state index in [-0.39, 0.29) is 48.0 Å². The van der Waals surface area contributed by atoms with E-state index in [0.717, 1.165) is 25.9 Å². The van der Waals surface area contributed by atoms with Gasteiger partial charge in [-0.3, -0.25) is 0 Å². The molecule has 0 aromatic rings. The van der Waals surface area contributed by atoms with Crippen LogP contribution in [0.1, 0.15) is 39.0 Å². The number of likely N-dealkylation sites (tertiary alicyclic amines) is 1. The standard InChI is InChI=1S/C9H16N3S2.C6H13.U/c1-6(10)9(11-14)7-5-12(2)4-3-8(7)13;1-3-5-6-4-2;/h7-8,10,13-14H,1,3-5H2,2H3;1,3-6H2,2H3;/q2*-1;+2/b10-6?,11-9+;;. The molecule has 0 bridgehead atoms. The molecule has 1 aliphatic heterocycles. The topological polar surface area (TPSA) is 39.5 Å². The molecular formula is C15H29N3S2U. The summed E-state index contributed by atoms with van der Waals surface area (Å²) in [5.74, 6) is 0.180. The minimum absolute atomic E-state index is 0. The first-order chi connectivity index (χ1) is 9.47. The normalized spacial score (nSPS) is 22.8. The van der Waals surface area contributed by atoms with Gasteiger partial charge in [0.15, 0.2) is 0 Å². The van der Waals surface area contributed by atoms with E-state index in [1.807, 2.05) is 0 Å². The fourth-order valence-corrected chi connectivity index (χ4v) is 2.78. The summed E-state index contributed by atoms with van der Waals surface area (Å²) in [4.78, 5) is 2.22. The molecule has 0 aliphatic carbocycles. The van der Waals surface area contributed by atoms with Crippen LogP contribution in [0, 0.1) is 56.3 Å². The summed E-state index contributed by atoms with van der Waals surface area (Å²) in [6.07, 6.45) is 6.09. The van der Waals surface area contributed by atoms with Crippen molar-refractivity contribution in [1.29, 1.82) is 5.41 Å². The van der Waals surface area contributed by atoms with Gasteiger partial charge in [0.25, 0.3) is 0 Å². The molecule has 1 N–H and O–H groups in total. The van der Waals surface area contributed by atoms with E-state index in [1.165, 1.54) is 19.3 Å². The van der Waals surface area contributed by atoms with Crippen molar-refractivity contribution in [2.45, 2.75) is 44.3 Å². The summed E-state index contributed by atoms with van der Waals surface area (Å²) in [5, 5.41) is 7.76. The van der Waals surface area contributed by atoms with Crippen LogP contribution in [0.4, 0.5) is 0 Å². The Kier molecular flexibility index (Phi) is 16.7. The second-order valence-corrected chi connectivity index (χ2v) is 6.11. The van der Waals surface area contributed by atoms with E-state index in [9.17, 15) is 0 Å². The van der Waals surface area contributed by atoms with Crippen LogP contribution in [-0.2, 0) is 0 Å².